The second-order valence-electron chi connectivity index (χ2n) is 4.91. The first-order valence-corrected chi connectivity index (χ1v) is 6.31. The van der Waals surface area contributed by atoms with E-state index in [4.69, 9.17) is 5.11 Å². The van der Waals surface area contributed by atoms with Crippen molar-refractivity contribution in [1.82, 2.24) is 10.6 Å². The van der Waals surface area contributed by atoms with Crippen molar-refractivity contribution in [3.63, 3.8) is 0 Å². The van der Waals surface area contributed by atoms with Crippen LogP contribution < -0.4 is 10.6 Å². The maximum absolute atomic E-state index is 11.3. The Morgan fingerprint density at radius 1 is 1.18 bits per heavy atom. The minimum absolute atomic E-state index is 0.0334. The molecule has 17 heavy (non-hydrogen) atoms. The third kappa shape index (κ3) is 6.14. The lowest BCUT2D eigenvalue weighted by molar-refractivity contribution is -0.136. The maximum atomic E-state index is 11.3. The average Bonchev–Trinajstić information content (AvgIpc) is 2.28. The number of hydrogen-bond acceptors (Lipinski definition) is 2. The molecule has 0 bridgehead atoms. The topological polar surface area (TPSA) is 78.4 Å². The molecule has 5 heteroatoms. The maximum Gasteiger partial charge on any atom is 0.314 e. The number of hydrogen-bond donors (Lipinski definition) is 3. The average molecular weight is 242 g/mol. The fourth-order valence-electron chi connectivity index (χ4n) is 2.12. The molecule has 1 rings (SSSR count). The van der Waals surface area contributed by atoms with Crippen molar-refractivity contribution in [3.05, 3.63) is 0 Å². The molecule has 0 aromatic carbocycles. The SMILES string of the molecule is CC1CCC(CNC(=O)NCCC(=O)O)CC1. The number of amides is 2. The first kappa shape index (κ1) is 13.8. The molecule has 0 atom stereocenters. The summed E-state index contributed by atoms with van der Waals surface area (Å²) in [4.78, 5) is 21.6. The summed E-state index contributed by atoms with van der Waals surface area (Å²) in [5, 5.41) is 13.7. The van der Waals surface area contributed by atoms with Gasteiger partial charge >= 0.3 is 12.0 Å². The molecule has 0 aliphatic heterocycles. The van der Waals surface area contributed by atoms with Crippen molar-refractivity contribution in [2.45, 2.75) is 39.0 Å². The van der Waals surface area contributed by atoms with Gasteiger partial charge in [0, 0.05) is 13.1 Å². The van der Waals surface area contributed by atoms with Crippen molar-refractivity contribution in [1.29, 1.82) is 0 Å². The predicted octanol–water partition coefficient (Wildman–Crippen LogP) is 1.59. The molecule has 98 valence electrons. The molecule has 0 aromatic heterocycles. The van der Waals surface area contributed by atoms with Gasteiger partial charge in [0.25, 0.3) is 0 Å². The zero-order valence-corrected chi connectivity index (χ0v) is 10.4. The number of carboxylic acids is 1. The van der Waals surface area contributed by atoms with Gasteiger partial charge in [0.1, 0.15) is 0 Å². The summed E-state index contributed by atoms with van der Waals surface area (Å²) < 4.78 is 0. The molecular weight excluding hydrogens is 220 g/mol. The first-order chi connectivity index (χ1) is 8.08. The van der Waals surface area contributed by atoms with Crippen LogP contribution in [0.1, 0.15) is 39.0 Å². The molecule has 1 aliphatic rings. The van der Waals surface area contributed by atoms with Gasteiger partial charge in [0.2, 0.25) is 0 Å². The second-order valence-corrected chi connectivity index (χ2v) is 4.91. The van der Waals surface area contributed by atoms with Crippen molar-refractivity contribution in [2.75, 3.05) is 13.1 Å². The smallest absolute Gasteiger partial charge is 0.314 e. The summed E-state index contributed by atoms with van der Waals surface area (Å²) in [6, 6.07) is -0.259. The number of rotatable bonds is 5. The summed E-state index contributed by atoms with van der Waals surface area (Å²) in [6.07, 6.45) is 4.81. The van der Waals surface area contributed by atoms with E-state index in [0.717, 1.165) is 5.92 Å². The fraction of sp³-hybridized carbons (Fsp3) is 0.833. The van der Waals surface area contributed by atoms with Gasteiger partial charge in [0.05, 0.1) is 6.42 Å². The number of urea groups is 1. The summed E-state index contributed by atoms with van der Waals surface area (Å²) in [7, 11) is 0. The Balaban J connectivity index is 2.05. The van der Waals surface area contributed by atoms with Gasteiger partial charge in [-0.2, -0.15) is 0 Å². The van der Waals surface area contributed by atoms with E-state index >= 15 is 0 Å². The monoisotopic (exact) mass is 242 g/mol. The normalized spacial score (nSPS) is 24.1. The number of carbonyl (C=O) groups excluding carboxylic acids is 1. The van der Waals surface area contributed by atoms with E-state index in [1.54, 1.807) is 0 Å². The fourth-order valence-corrected chi connectivity index (χ4v) is 2.12. The molecule has 1 saturated carbocycles. The Morgan fingerprint density at radius 3 is 2.41 bits per heavy atom. The molecule has 0 aromatic rings. The third-order valence-electron chi connectivity index (χ3n) is 3.31. The highest BCUT2D eigenvalue weighted by molar-refractivity contribution is 5.74. The van der Waals surface area contributed by atoms with E-state index < -0.39 is 5.97 Å². The molecular formula is C12H22N2O3. The van der Waals surface area contributed by atoms with Crippen LogP contribution >= 0.6 is 0 Å². The van der Waals surface area contributed by atoms with E-state index in [1.807, 2.05) is 0 Å². The van der Waals surface area contributed by atoms with Gasteiger partial charge in [0.15, 0.2) is 0 Å². The Morgan fingerprint density at radius 2 is 1.82 bits per heavy atom. The molecule has 0 heterocycles. The summed E-state index contributed by atoms with van der Waals surface area (Å²) >= 11 is 0. The van der Waals surface area contributed by atoms with Crippen LogP contribution in [0.15, 0.2) is 0 Å². The molecule has 1 aliphatic carbocycles. The van der Waals surface area contributed by atoms with Gasteiger partial charge in [-0.1, -0.05) is 19.8 Å². The van der Waals surface area contributed by atoms with Gasteiger partial charge < -0.3 is 15.7 Å². The number of aliphatic carboxylic acids is 1. The van der Waals surface area contributed by atoms with Gasteiger partial charge in [-0.25, -0.2) is 4.79 Å². The standard InChI is InChI=1S/C12H22N2O3/c1-9-2-4-10(5-3-9)8-14-12(17)13-7-6-11(15)16/h9-10H,2-8H2,1H3,(H,15,16)(H2,13,14,17). The Hall–Kier alpha value is -1.26. The van der Waals surface area contributed by atoms with Crippen LogP contribution in [0.2, 0.25) is 0 Å². The van der Waals surface area contributed by atoms with Crippen LogP contribution in [0.4, 0.5) is 4.79 Å². The van der Waals surface area contributed by atoms with Crippen molar-refractivity contribution in [3.8, 4) is 0 Å². The highest BCUT2D eigenvalue weighted by atomic mass is 16.4. The number of nitrogens with one attached hydrogen (secondary N) is 2. The lowest BCUT2D eigenvalue weighted by Crippen LogP contribution is -2.39. The van der Waals surface area contributed by atoms with E-state index in [0.29, 0.717) is 12.5 Å². The van der Waals surface area contributed by atoms with E-state index in [1.165, 1.54) is 25.7 Å². The molecule has 2 amide bonds. The largest absolute Gasteiger partial charge is 0.481 e. The summed E-state index contributed by atoms with van der Waals surface area (Å²) in [5.41, 5.74) is 0. The van der Waals surface area contributed by atoms with E-state index in [2.05, 4.69) is 17.6 Å². The Bertz CT molecular complexity index is 260. The summed E-state index contributed by atoms with van der Waals surface area (Å²) in [5.74, 6) is 0.499. The molecule has 0 saturated heterocycles. The Labute approximate surface area is 102 Å². The van der Waals surface area contributed by atoms with Crippen LogP contribution in [-0.4, -0.2) is 30.2 Å². The zero-order valence-electron chi connectivity index (χ0n) is 10.4. The van der Waals surface area contributed by atoms with Crippen LogP contribution in [0.5, 0.6) is 0 Å². The van der Waals surface area contributed by atoms with Gasteiger partial charge in [-0.15, -0.1) is 0 Å². The first-order valence-electron chi connectivity index (χ1n) is 6.31. The quantitative estimate of drug-likeness (QED) is 0.685. The van der Waals surface area contributed by atoms with E-state index in [-0.39, 0.29) is 19.0 Å². The third-order valence-corrected chi connectivity index (χ3v) is 3.31. The molecule has 0 spiro atoms. The molecule has 5 nitrogen and oxygen atoms in total. The molecule has 1 fully saturated rings. The minimum atomic E-state index is -0.897. The lowest BCUT2D eigenvalue weighted by Gasteiger charge is -2.26. The lowest BCUT2D eigenvalue weighted by atomic mass is 9.83. The van der Waals surface area contributed by atoms with Crippen LogP contribution in [0.25, 0.3) is 0 Å². The van der Waals surface area contributed by atoms with Gasteiger partial charge in [-0.3, -0.25) is 4.79 Å². The molecule has 0 unspecified atom stereocenters. The second kappa shape index (κ2) is 7.14. The van der Waals surface area contributed by atoms with E-state index in [9.17, 15) is 9.59 Å². The molecule has 3 N–H and O–H groups in total. The van der Waals surface area contributed by atoms with Crippen molar-refractivity contribution in [2.24, 2.45) is 11.8 Å². The zero-order chi connectivity index (χ0) is 12.7. The van der Waals surface area contributed by atoms with Crippen molar-refractivity contribution >= 4 is 12.0 Å². The van der Waals surface area contributed by atoms with Crippen LogP contribution in [-0.2, 0) is 4.79 Å². The Kier molecular flexibility index (Phi) is 5.80. The van der Waals surface area contributed by atoms with Gasteiger partial charge in [-0.05, 0) is 24.7 Å². The molecule has 0 radical (unpaired) electrons. The highest BCUT2D eigenvalue weighted by Crippen LogP contribution is 2.27. The summed E-state index contributed by atoms with van der Waals surface area (Å²) in [6.45, 7) is 3.15. The van der Waals surface area contributed by atoms with Crippen molar-refractivity contribution < 1.29 is 14.7 Å². The predicted molar refractivity (Wildman–Crippen MR) is 64.8 cm³/mol. The van der Waals surface area contributed by atoms with Crippen LogP contribution in [0.3, 0.4) is 0 Å². The van der Waals surface area contributed by atoms with Crippen LogP contribution in [0, 0.1) is 11.8 Å². The number of carboxylic acid groups (broad SMARTS) is 1. The number of carbonyl (C=O) groups is 2. The minimum Gasteiger partial charge on any atom is -0.481 e. The highest BCUT2D eigenvalue weighted by Gasteiger charge is 2.18.